The maximum atomic E-state index is 12.5. The van der Waals surface area contributed by atoms with Crippen LogP contribution in [0.25, 0.3) is 0 Å². The molecule has 1 unspecified atom stereocenters. The summed E-state index contributed by atoms with van der Waals surface area (Å²) in [5, 5.41) is 0.619. The van der Waals surface area contributed by atoms with Crippen LogP contribution in [0.5, 0.6) is 5.75 Å². The van der Waals surface area contributed by atoms with E-state index in [0.717, 1.165) is 0 Å². The van der Waals surface area contributed by atoms with Crippen LogP contribution in [-0.4, -0.2) is 15.8 Å². The Bertz CT molecular complexity index is 571. The second kappa shape index (κ2) is 5.67. The van der Waals surface area contributed by atoms with Gasteiger partial charge in [0.1, 0.15) is 5.75 Å². The number of hydrogen-bond donors (Lipinski definition) is 1. The number of nitrogens with one attached hydrogen (secondary N) is 1. The number of rotatable bonds is 4. The molecule has 1 aromatic carbocycles. The molecular formula is C15H17ClN2O2. The number of aromatic nitrogens is 2. The van der Waals surface area contributed by atoms with E-state index in [9.17, 15) is 4.79 Å². The normalized spacial score (nSPS) is 13.0. The highest BCUT2D eigenvalue weighted by molar-refractivity contribution is 6.30. The number of H-pyrrole nitrogens is 1. The van der Waals surface area contributed by atoms with Gasteiger partial charge in [-0.2, -0.15) is 0 Å². The third kappa shape index (κ3) is 3.39. The van der Waals surface area contributed by atoms with Crippen molar-refractivity contribution in [3.05, 3.63) is 47.5 Å². The van der Waals surface area contributed by atoms with Gasteiger partial charge in [-0.05, 0) is 24.3 Å². The van der Waals surface area contributed by atoms with Crippen molar-refractivity contribution in [3.8, 4) is 5.75 Å². The van der Waals surface area contributed by atoms with Crippen LogP contribution in [0.2, 0.25) is 5.02 Å². The van der Waals surface area contributed by atoms with Crippen LogP contribution in [0.15, 0.2) is 36.7 Å². The summed E-state index contributed by atoms with van der Waals surface area (Å²) in [7, 11) is 0. The summed E-state index contributed by atoms with van der Waals surface area (Å²) in [6.45, 7) is 5.57. The van der Waals surface area contributed by atoms with Crippen LogP contribution >= 0.6 is 11.6 Å². The maximum Gasteiger partial charge on any atom is 0.214 e. The number of imidazole rings is 1. The number of nitrogens with zero attached hydrogens (tertiary/aromatic N) is 1. The Morgan fingerprint density at radius 3 is 2.45 bits per heavy atom. The van der Waals surface area contributed by atoms with Crippen LogP contribution in [0, 0.1) is 5.41 Å². The van der Waals surface area contributed by atoms with Gasteiger partial charge in [0.05, 0.1) is 0 Å². The van der Waals surface area contributed by atoms with E-state index in [1.165, 1.54) is 0 Å². The average molecular weight is 293 g/mol. The molecule has 0 aliphatic rings. The fourth-order valence-corrected chi connectivity index (χ4v) is 1.82. The number of ketones is 1. The fraction of sp³-hybridized carbons (Fsp3) is 0.333. The number of benzene rings is 1. The summed E-state index contributed by atoms with van der Waals surface area (Å²) in [6.07, 6.45) is 2.51. The second-order valence-corrected chi connectivity index (χ2v) is 5.98. The van der Waals surface area contributed by atoms with E-state index in [0.29, 0.717) is 16.6 Å². The predicted octanol–water partition coefficient (Wildman–Crippen LogP) is 3.80. The molecule has 0 bridgehead atoms. The van der Waals surface area contributed by atoms with Gasteiger partial charge in [-0.25, -0.2) is 4.98 Å². The molecule has 0 radical (unpaired) electrons. The van der Waals surface area contributed by atoms with E-state index in [-0.39, 0.29) is 5.78 Å². The van der Waals surface area contributed by atoms with Gasteiger partial charge in [0.2, 0.25) is 6.10 Å². The molecule has 1 atom stereocenters. The molecule has 4 nitrogen and oxygen atoms in total. The predicted molar refractivity (Wildman–Crippen MR) is 77.9 cm³/mol. The van der Waals surface area contributed by atoms with E-state index in [1.807, 2.05) is 20.8 Å². The van der Waals surface area contributed by atoms with Gasteiger partial charge < -0.3 is 9.72 Å². The summed E-state index contributed by atoms with van der Waals surface area (Å²) >= 11 is 5.84. The monoisotopic (exact) mass is 292 g/mol. The van der Waals surface area contributed by atoms with Gasteiger partial charge in [-0.1, -0.05) is 32.4 Å². The number of aromatic amines is 1. The second-order valence-electron chi connectivity index (χ2n) is 5.54. The van der Waals surface area contributed by atoms with Crippen molar-refractivity contribution >= 4 is 17.4 Å². The van der Waals surface area contributed by atoms with Gasteiger partial charge in [0.25, 0.3) is 0 Å². The number of Topliss-reactive ketones (excluding diaryl/α,β-unsaturated/α-hetero) is 1. The Hall–Kier alpha value is -1.81. The van der Waals surface area contributed by atoms with E-state index in [4.69, 9.17) is 16.3 Å². The molecule has 1 aromatic heterocycles. The smallest absolute Gasteiger partial charge is 0.214 e. The fourth-order valence-electron chi connectivity index (χ4n) is 1.70. The molecule has 1 heterocycles. The first kappa shape index (κ1) is 14.6. The largest absolute Gasteiger partial charge is 0.475 e. The molecule has 0 saturated heterocycles. The zero-order valence-corrected chi connectivity index (χ0v) is 12.4. The van der Waals surface area contributed by atoms with Crippen LogP contribution in [0.1, 0.15) is 32.7 Å². The minimum atomic E-state index is -0.758. The number of ether oxygens (including phenoxy) is 1. The van der Waals surface area contributed by atoms with Crippen molar-refractivity contribution in [2.24, 2.45) is 5.41 Å². The van der Waals surface area contributed by atoms with Gasteiger partial charge in [0.15, 0.2) is 11.6 Å². The molecule has 2 rings (SSSR count). The van der Waals surface area contributed by atoms with E-state index >= 15 is 0 Å². The summed E-state index contributed by atoms with van der Waals surface area (Å²) in [4.78, 5) is 19.6. The lowest BCUT2D eigenvalue weighted by Crippen LogP contribution is -2.31. The molecule has 2 aromatic rings. The van der Waals surface area contributed by atoms with Crippen molar-refractivity contribution in [2.75, 3.05) is 0 Å². The minimum absolute atomic E-state index is 0.0394. The van der Waals surface area contributed by atoms with Crippen molar-refractivity contribution in [2.45, 2.75) is 26.9 Å². The van der Waals surface area contributed by atoms with Crippen molar-refractivity contribution in [1.82, 2.24) is 9.97 Å². The average Bonchev–Trinajstić information content (AvgIpc) is 2.90. The van der Waals surface area contributed by atoms with Crippen LogP contribution in [0.3, 0.4) is 0 Å². The van der Waals surface area contributed by atoms with Crippen molar-refractivity contribution in [1.29, 1.82) is 0 Å². The van der Waals surface area contributed by atoms with E-state index in [1.54, 1.807) is 36.7 Å². The Morgan fingerprint density at radius 1 is 1.30 bits per heavy atom. The first-order chi connectivity index (χ1) is 9.38. The topological polar surface area (TPSA) is 55.0 Å². The Kier molecular flexibility index (Phi) is 4.14. The highest BCUT2D eigenvalue weighted by Crippen LogP contribution is 2.29. The van der Waals surface area contributed by atoms with Crippen LogP contribution in [-0.2, 0) is 4.79 Å². The molecule has 0 saturated carbocycles. The van der Waals surface area contributed by atoms with Gasteiger partial charge in [-0.3, -0.25) is 4.79 Å². The lowest BCUT2D eigenvalue weighted by molar-refractivity contribution is -0.134. The molecule has 20 heavy (non-hydrogen) atoms. The summed E-state index contributed by atoms with van der Waals surface area (Å²) in [5.74, 6) is 1.04. The Morgan fingerprint density at radius 2 is 1.95 bits per heavy atom. The molecule has 5 heteroatoms. The van der Waals surface area contributed by atoms with E-state index < -0.39 is 11.5 Å². The zero-order chi connectivity index (χ0) is 14.8. The third-order valence-corrected chi connectivity index (χ3v) is 3.06. The first-order valence-electron chi connectivity index (χ1n) is 6.34. The standard InChI is InChI=1S/C15H17ClN2O2/c1-15(2,3)13(19)12(14-17-8-9-18-14)20-11-6-4-10(16)5-7-11/h4-9,12H,1-3H3,(H,17,18). The molecule has 0 spiro atoms. The van der Waals surface area contributed by atoms with Gasteiger partial charge >= 0.3 is 0 Å². The zero-order valence-electron chi connectivity index (χ0n) is 11.7. The van der Waals surface area contributed by atoms with E-state index in [2.05, 4.69) is 9.97 Å². The number of hydrogen-bond acceptors (Lipinski definition) is 3. The molecule has 0 aliphatic heterocycles. The lowest BCUT2D eigenvalue weighted by Gasteiger charge is -2.24. The number of halogens is 1. The molecule has 0 amide bonds. The number of carbonyl (C=O) groups is 1. The van der Waals surface area contributed by atoms with Gasteiger partial charge in [-0.15, -0.1) is 0 Å². The number of carbonyl (C=O) groups excluding carboxylic acids is 1. The van der Waals surface area contributed by atoms with Crippen LogP contribution in [0.4, 0.5) is 0 Å². The summed E-state index contributed by atoms with van der Waals surface area (Å²) in [5.41, 5.74) is -0.524. The first-order valence-corrected chi connectivity index (χ1v) is 6.71. The minimum Gasteiger partial charge on any atom is -0.475 e. The van der Waals surface area contributed by atoms with Crippen molar-refractivity contribution < 1.29 is 9.53 Å². The lowest BCUT2D eigenvalue weighted by atomic mass is 9.87. The van der Waals surface area contributed by atoms with Crippen LogP contribution < -0.4 is 4.74 Å². The Balaban J connectivity index is 2.28. The third-order valence-electron chi connectivity index (χ3n) is 2.81. The van der Waals surface area contributed by atoms with Crippen molar-refractivity contribution in [3.63, 3.8) is 0 Å². The Labute approximate surface area is 123 Å². The summed E-state index contributed by atoms with van der Waals surface area (Å²) in [6, 6.07) is 6.90. The molecular weight excluding hydrogens is 276 g/mol. The maximum absolute atomic E-state index is 12.5. The van der Waals surface area contributed by atoms with Gasteiger partial charge in [0, 0.05) is 22.8 Å². The molecule has 106 valence electrons. The SMILES string of the molecule is CC(C)(C)C(=O)C(Oc1ccc(Cl)cc1)c1ncc[nH]1. The molecule has 0 aliphatic carbocycles. The quantitative estimate of drug-likeness (QED) is 0.932. The highest BCUT2D eigenvalue weighted by Gasteiger charge is 2.34. The molecule has 1 N–H and O–H groups in total. The highest BCUT2D eigenvalue weighted by atomic mass is 35.5. The molecule has 0 fully saturated rings. The summed E-state index contributed by atoms with van der Waals surface area (Å²) < 4.78 is 5.80.